The smallest absolute Gasteiger partial charge is 0.274 e. The molecule has 3 heterocycles. The van der Waals surface area contributed by atoms with Gasteiger partial charge in [0.1, 0.15) is 13.1 Å². The molecule has 4 rings (SSSR count). The van der Waals surface area contributed by atoms with Gasteiger partial charge in [-0.25, -0.2) is 4.98 Å². The molecule has 1 N–H and O–H groups in total. The molecule has 0 unspecified atom stereocenters. The van der Waals surface area contributed by atoms with Gasteiger partial charge in [0.25, 0.3) is 5.82 Å². The summed E-state index contributed by atoms with van der Waals surface area (Å²) in [5.74, 6) is 1.52. The van der Waals surface area contributed by atoms with Crippen molar-refractivity contribution >= 4 is 23.5 Å². The molecular formula is C20H24N7OS+. The van der Waals surface area contributed by atoms with Crippen molar-refractivity contribution in [1.82, 2.24) is 25.1 Å². The lowest BCUT2D eigenvalue weighted by Gasteiger charge is -2.30. The van der Waals surface area contributed by atoms with Gasteiger partial charge in [-0.15, -0.1) is 5.10 Å². The van der Waals surface area contributed by atoms with Crippen LogP contribution < -0.4 is 9.88 Å². The van der Waals surface area contributed by atoms with Crippen LogP contribution in [0.15, 0.2) is 47.8 Å². The predicted octanol–water partition coefficient (Wildman–Crippen LogP) is 1.53. The second kappa shape index (κ2) is 8.60. The Morgan fingerprint density at radius 3 is 2.55 bits per heavy atom. The van der Waals surface area contributed by atoms with E-state index in [1.165, 1.54) is 11.8 Å². The molecule has 1 fully saturated rings. The fraction of sp³-hybridized carbons (Fsp3) is 0.350. The van der Waals surface area contributed by atoms with E-state index in [0.29, 0.717) is 24.0 Å². The molecule has 1 aliphatic heterocycles. The predicted molar refractivity (Wildman–Crippen MR) is 111 cm³/mol. The van der Waals surface area contributed by atoms with Gasteiger partial charge in [0.05, 0.1) is 30.7 Å². The minimum atomic E-state index is 0.113. The normalized spacial score (nSPS) is 14.3. The molecule has 1 aliphatic rings. The van der Waals surface area contributed by atoms with Crippen molar-refractivity contribution in [3.8, 4) is 5.69 Å². The zero-order chi connectivity index (χ0) is 20.2. The first-order valence-electron chi connectivity index (χ1n) is 9.59. The number of aromatic amines is 1. The molecular weight excluding hydrogens is 386 g/mol. The van der Waals surface area contributed by atoms with Crippen molar-refractivity contribution in [2.45, 2.75) is 19.0 Å². The van der Waals surface area contributed by atoms with Crippen molar-refractivity contribution in [2.24, 2.45) is 0 Å². The first kappa shape index (κ1) is 19.4. The van der Waals surface area contributed by atoms with Crippen LogP contribution in [0.2, 0.25) is 0 Å². The number of H-pyrrole nitrogens is 1. The Labute approximate surface area is 173 Å². The summed E-state index contributed by atoms with van der Waals surface area (Å²) in [6, 6.07) is 12.2. The number of carbonyl (C=O) groups excluding carboxylic acids is 1. The second-order valence-corrected chi connectivity index (χ2v) is 8.07. The van der Waals surface area contributed by atoms with Gasteiger partial charge < -0.3 is 4.90 Å². The van der Waals surface area contributed by atoms with Crippen molar-refractivity contribution in [1.29, 1.82) is 0 Å². The Morgan fingerprint density at radius 1 is 1.10 bits per heavy atom. The van der Waals surface area contributed by atoms with Gasteiger partial charge in [0, 0.05) is 6.07 Å². The van der Waals surface area contributed by atoms with Crippen LogP contribution in [-0.2, 0) is 4.79 Å². The number of hydrogen-bond donors (Lipinski definition) is 0. The van der Waals surface area contributed by atoms with Gasteiger partial charge >= 0.3 is 0 Å². The summed E-state index contributed by atoms with van der Waals surface area (Å²) in [7, 11) is 0. The Kier molecular flexibility index (Phi) is 5.75. The zero-order valence-electron chi connectivity index (χ0n) is 16.6. The van der Waals surface area contributed by atoms with Crippen molar-refractivity contribution in [3.05, 3.63) is 53.7 Å². The topological polar surface area (TPSA) is 81.3 Å². The van der Waals surface area contributed by atoms with Crippen LogP contribution >= 0.6 is 11.8 Å². The quantitative estimate of drug-likeness (QED) is 0.594. The van der Waals surface area contributed by atoms with Gasteiger partial charge in [-0.3, -0.25) is 9.69 Å². The van der Waals surface area contributed by atoms with Crippen LogP contribution in [0, 0.1) is 13.8 Å². The molecule has 0 spiro atoms. The Hall–Kier alpha value is -2.94. The van der Waals surface area contributed by atoms with Gasteiger partial charge in [0.2, 0.25) is 11.1 Å². The third-order valence-electron chi connectivity index (χ3n) is 4.88. The average Bonchev–Trinajstić information content (AvgIpc) is 3.21. The molecule has 0 bridgehead atoms. The first-order valence-corrected chi connectivity index (χ1v) is 10.6. The van der Waals surface area contributed by atoms with E-state index in [4.69, 9.17) is 0 Å². The number of nitrogens with zero attached hydrogens (tertiary/aromatic N) is 6. The summed E-state index contributed by atoms with van der Waals surface area (Å²) in [6.45, 7) is 7.15. The number of tetrazole rings is 1. The van der Waals surface area contributed by atoms with Crippen LogP contribution in [0.3, 0.4) is 0 Å². The summed E-state index contributed by atoms with van der Waals surface area (Å²) < 4.78 is 1.70. The lowest BCUT2D eigenvalue weighted by Crippen LogP contribution is -2.50. The van der Waals surface area contributed by atoms with Crippen LogP contribution in [0.4, 0.5) is 5.82 Å². The second-order valence-electron chi connectivity index (χ2n) is 7.12. The molecule has 1 amide bonds. The zero-order valence-corrected chi connectivity index (χ0v) is 17.4. The lowest BCUT2D eigenvalue weighted by molar-refractivity contribution is -0.364. The maximum atomic E-state index is 12.7. The Balaban J connectivity index is 1.35. The van der Waals surface area contributed by atoms with Crippen molar-refractivity contribution < 1.29 is 9.78 Å². The molecule has 0 aliphatic carbocycles. The molecule has 0 radical (unpaired) electrons. The number of nitrogens with one attached hydrogen (secondary N) is 1. The SMILES string of the molecule is Cc1cc(C)cc(-n2nnnc2SCC(=O)N2CCN(c3cccc[nH+]3)CC2)c1. The van der Waals surface area contributed by atoms with Gasteiger partial charge in [-0.2, -0.15) is 4.68 Å². The van der Waals surface area contributed by atoms with Crippen molar-refractivity contribution in [2.75, 3.05) is 36.8 Å². The number of carbonyl (C=O) groups is 1. The molecule has 3 aromatic rings. The molecule has 0 saturated carbocycles. The minimum Gasteiger partial charge on any atom is -0.334 e. The average molecular weight is 411 g/mol. The first-order chi connectivity index (χ1) is 14.1. The number of aryl methyl sites for hydroxylation is 2. The highest BCUT2D eigenvalue weighted by Gasteiger charge is 2.26. The molecule has 1 aromatic carbocycles. The minimum absolute atomic E-state index is 0.113. The van der Waals surface area contributed by atoms with Crippen LogP contribution in [0.1, 0.15) is 11.1 Å². The molecule has 1 saturated heterocycles. The highest BCUT2D eigenvalue weighted by atomic mass is 32.2. The van der Waals surface area contributed by atoms with E-state index in [9.17, 15) is 4.79 Å². The number of anilines is 1. The number of aromatic nitrogens is 5. The van der Waals surface area contributed by atoms with E-state index in [2.05, 4.69) is 37.5 Å². The third-order valence-corrected chi connectivity index (χ3v) is 5.79. The largest absolute Gasteiger partial charge is 0.334 e. The molecule has 29 heavy (non-hydrogen) atoms. The van der Waals surface area contributed by atoms with E-state index in [1.54, 1.807) is 4.68 Å². The Bertz CT molecular complexity index is 963. The number of piperazine rings is 1. The maximum Gasteiger partial charge on any atom is 0.274 e. The highest BCUT2D eigenvalue weighted by molar-refractivity contribution is 7.99. The number of rotatable bonds is 5. The summed E-state index contributed by atoms with van der Waals surface area (Å²) in [5.41, 5.74) is 3.21. The molecule has 150 valence electrons. The summed E-state index contributed by atoms with van der Waals surface area (Å²) >= 11 is 1.38. The van der Waals surface area contributed by atoms with Gasteiger partial charge in [-0.05, 0) is 53.6 Å². The van der Waals surface area contributed by atoms with Crippen LogP contribution in [0.25, 0.3) is 5.69 Å². The molecule has 0 atom stereocenters. The molecule has 9 heteroatoms. The van der Waals surface area contributed by atoms with Gasteiger partial charge in [0.15, 0.2) is 0 Å². The monoisotopic (exact) mass is 410 g/mol. The van der Waals surface area contributed by atoms with Crippen molar-refractivity contribution in [3.63, 3.8) is 0 Å². The number of pyridine rings is 1. The summed E-state index contributed by atoms with van der Waals surface area (Å²) in [6.07, 6.45) is 1.92. The van der Waals surface area contributed by atoms with E-state index in [-0.39, 0.29) is 5.91 Å². The third kappa shape index (κ3) is 4.56. The standard InChI is InChI=1S/C20H23N7OS/c1-15-11-16(2)13-17(12-15)27-20(22-23-24-27)29-14-19(28)26-9-7-25(8-10-26)18-5-3-4-6-21-18/h3-6,11-13H,7-10,14H2,1-2H3/p+1. The fourth-order valence-electron chi connectivity index (χ4n) is 3.50. The molecule has 2 aromatic heterocycles. The van der Waals surface area contributed by atoms with E-state index >= 15 is 0 Å². The van der Waals surface area contributed by atoms with Crippen LogP contribution in [0.5, 0.6) is 0 Å². The lowest BCUT2D eigenvalue weighted by atomic mass is 10.1. The number of hydrogen-bond acceptors (Lipinski definition) is 6. The summed E-state index contributed by atoms with van der Waals surface area (Å²) in [4.78, 5) is 20.1. The highest BCUT2D eigenvalue weighted by Crippen LogP contribution is 2.21. The van der Waals surface area contributed by atoms with E-state index in [1.807, 2.05) is 49.2 Å². The fourth-order valence-corrected chi connectivity index (χ4v) is 4.29. The summed E-state index contributed by atoms with van der Waals surface area (Å²) in [5, 5.41) is 12.6. The van der Waals surface area contributed by atoms with E-state index < -0.39 is 0 Å². The van der Waals surface area contributed by atoms with Crippen LogP contribution in [-0.4, -0.2) is 62.9 Å². The Morgan fingerprint density at radius 2 is 1.86 bits per heavy atom. The maximum absolute atomic E-state index is 12.7. The number of amides is 1. The number of benzene rings is 1. The van der Waals surface area contributed by atoms with Gasteiger partial charge in [-0.1, -0.05) is 23.9 Å². The van der Waals surface area contributed by atoms with E-state index in [0.717, 1.165) is 35.7 Å². The number of thioether (sulfide) groups is 1. The molecule has 8 nitrogen and oxygen atoms in total.